The zero-order chi connectivity index (χ0) is 15.2. The highest BCUT2D eigenvalue weighted by molar-refractivity contribution is 5.89. The highest BCUT2D eigenvalue weighted by Crippen LogP contribution is 2.20. The summed E-state index contributed by atoms with van der Waals surface area (Å²) in [6.45, 7) is 6.17. The molecule has 2 aromatic rings. The van der Waals surface area contributed by atoms with E-state index >= 15 is 0 Å². The molecule has 0 spiro atoms. The molecule has 3 heteroatoms. The summed E-state index contributed by atoms with van der Waals surface area (Å²) < 4.78 is 0. The SMILES string of the molecule is CC(C)C(C)NC(=O)Nc1ccc(-c2ccccc2)cc1. The first kappa shape index (κ1) is 15.1. The van der Waals surface area contributed by atoms with E-state index in [4.69, 9.17) is 0 Å². The van der Waals surface area contributed by atoms with E-state index in [2.05, 4.69) is 36.6 Å². The van der Waals surface area contributed by atoms with Crippen LogP contribution in [0.15, 0.2) is 54.6 Å². The van der Waals surface area contributed by atoms with E-state index in [0.717, 1.165) is 11.3 Å². The molecule has 0 saturated carbocycles. The number of nitrogens with one attached hydrogen (secondary N) is 2. The third kappa shape index (κ3) is 4.35. The Kier molecular flexibility index (Phi) is 4.99. The molecule has 110 valence electrons. The van der Waals surface area contributed by atoms with Gasteiger partial charge in [0.2, 0.25) is 0 Å². The molecule has 2 N–H and O–H groups in total. The standard InChI is InChI=1S/C18H22N2O/c1-13(2)14(3)19-18(21)20-17-11-9-16(10-12-17)15-7-5-4-6-8-15/h4-14H,1-3H3,(H2,19,20,21). The van der Waals surface area contributed by atoms with E-state index < -0.39 is 0 Å². The van der Waals surface area contributed by atoms with E-state index in [-0.39, 0.29) is 12.1 Å². The third-order valence-corrected chi connectivity index (χ3v) is 3.61. The second-order valence-electron chi connectivity index (χ2n) is 5.57. The van der Waals surface area contributed by atoms with Crippen molar-refractivity contribution in [2.75, 3.05) is 5.32 Å². The minimum atomic E-state index is -0.163. The Bertz CT molecular complexity index is 576. The van der Waals surface area contributed by atoms with Crippen molar-refractivity contribution in [3.05, 3.63) is 54.6 Å². The number of amides is 2. The van der Waals surface area contributed by atoms with Gasteiger partial charge in [-0.1, -0.05) is 56.3 Å². The molecule has 21 heavy (non-hydrogen) atoms. The van der Waals surface area contributed by atoms with Gasteiger partial charge in [0.1, 0.15) is 0 Å². The zero-order valence-corrected chi connectivity index (χ0v) is 12.8. The fraction of sp³-hybridized carbons (Fsp3) is 0.278. The van der Waals surface area contributed by atoms with Crippen LogP contribution in [0.3, 0.4) is 0 Å². The number of hydrogen-bond donors (Lipinski definition) is 2. The molecule has 0 fully saturated rings. The van der Waals surface area contributed by atoms with Crippen LogP contribution >= 0.6 is 0 Å². The van der Waals surface area contributed by atoms with Crippen molar-refractivity contribution in [1.29, 1.82) is 0 Å². The molecule has 3 nitrogen and oxygen atoms in total. The van der Waals surface area contributed by atoms with Gasteiger partial charge in [0, 0.05) is 11.7 Å². The maximum absolute atomic E-state index is 11.9. The number of hydrogen-bond acceptors (Lipinski definition) is 1. The van der Waals surface area contributed by atoms with Gasteiger partial charge in [-0.25, -0.2) is 4.79 Å². The quantitative estimate of drug-likeness (QED) is 0.850. The lowest BCUT2D eigenvalue weighted by atomic mass is 10.1. The molecule has 0 aliphatic rings. The van der Waals surface area contributed by atoms with Crippen molar-refractivity contribution in [3.8, 4) is 11.1 Å². The highest BCUT2D eigenvalue weighted by Gasteiger charge is 2.10. The second kappa shape index (κ2) is 6.93. The van der Waals surface area contributed by atoms with Crippen molar-refractivity contribution >= 4 is 11.7 Å². The van der Waals surface area contributed by atoms with Crippen molar-refractivity contribution in [2.24, 2.45) is 5.92 Å². The lowest BCUT2D eigenvalue weighted by Crippen LogP contribution is -2.38. The summed E-state index contributed by atoms with van der Waals surface area (Å²) in [6, 6.07) is 18.0. The average Bonchev–Trinajstić information content (AvgIpc) is 2.48. The summed E-state index contributed by atoms with van der Waals surface area (Å²) in [5.74, 6) is 0.413. The van der Waals surface area contributed by atoms with Crippen LogP contribution < -0.4 is 10.6 Å². The largest absolute Gasteiger partial charge is 0.335 e. The van der Waals surface area contributed by atoms with Gasteiger partial charge >= 0.3 is 6.03 Å². The van der Waals surface area contributed by atoms with Crippen LogP contribution in [0.5, 0.6) is 0 Å². The van der Waals surface area contributed by atoms with Gasteiger partial charge in [-0.3, -0.25) is 0 Å². The van der Waals surface area contributed by atoms with Crippen LogP contribution in [-0.2, 0) is 0 Å². The predicted octanol–water partition coefficient (Wildman–Crippen LogP) is 4.52. The van der Waals surface area contributed by atoms with E-state index in [1.54, 1.807) is 0 Å². The highest BCUT2D eigenvalue weighted by atomic mass is 16.2. The van der Waals surface area contributed by atoms with Crippen molar-refractivity contribution in [2.45, 2.75) is 26.8 Å². The Morgan fingerprint density at radius 1 is 0.857 bits per heavy atom. The van der Waals surface area contributed by atoms with Gasteiger partial charge in [-0.2, -0.15) is 0 Å². The van der Waals surface area contributed by atoms with Gasteiger partial charge in [-0.15, -0.1) is 0 Å². The summed E-state index contributed by atoms with van der Waals surface area (Å²) >= 11 is 0. The van der Waals surface area contributed by atoms with Crippen LogP contribution in [0.2, 0.25) is 0 Å². The normalized spacial score (nSPS) is 12.0. The molecule has 0 heterocycles. The van der Waals surface area contributed by atoms with Crippen LogP contribution in [0.25, 0.3) is 11.1 Å². The minimum Gasteiger partial charge on any atom is -0.335 e. The first-order valence-corrected chi connectivity index (χ1v) is 7.29. The molecule has 1 atom stereocenters. The van der Waals surface area contributed by atoms with E-state index in [9.17, 15) is 4.79 Å². The van der Waals surface area contributed by atoms with Crippen LogP contribution in [0.1, 0.15) is 20.8 Å². The lowest BCUT2D eigenvalue weighted by Gasteiger charge is -2.17. The Balaban J connectivity index is 1.98. The van der Waals surface area contributed by atoms with Crippen molar-refractivity contribution in [1.82, 2.24) is 5.32 Å². The smallest absolute Gasteiger partial charge is 0.319 e. The molecule has 2 aromatic carbocycles. The summed E-state index contributed by atoms with van der Waals surface area (Å²) in [7, 11) is 0. The number of anilines is 1. The van der Waals surface area contributed by atoms with Crippen LogP contribution in [0.4, 0.5) is 10.5 Å². The van der Waals surface area contributed by atoms with Crippen molar-refractivity contribution in [3.63, 3.8) is 0 Å². The molecular formula is C18H22N2O. The number of rotatable bonds is 4. The number of carbonyl (C=O) groups excluding carboxylic acids is 1. The Morgan fingerprint density at radius 2 is 1.43 bits per heavy atom. The third-order valence-electron chi connectivity index (χ3n) is 3.61. The van der Waals surface area contributed by atoms with Gasteiger partial charge < -0.3 is 10.6 Å². The lowest BCUT2D eigenvalue weighted by molar-refractivity contribution is 0.246. The maximum atomic E-state index is 11.9. The van der Waals surface area contributed by atoms with Crippen molar-refractivity contribution < 1.29 is 4.79 Å². The van der Waals surface area contributed by atoms with Gasteiger partial charge in [0.25, 0.3) is 0 Å². The molecule has 1 unspecified atom stereocenters. The van der Waals surface area contributed by atoms with Crippen LogP contribution in [-0.4, -0.2) is 12.1 Å². The van der Waals surface area contributed by atoms with Crippen LogP contribution in [0, 0.1) is 5.92 Å². The molecule has 0 bridgehead atoms. The molecule has 0 aromatic heterocycles. The summed E-state index contributed by atoms with van der Waals surface area (Å²) in [5.41, 5.74) is 3.10. The monoisotopic (exact) mass is 282 g/mol. The average molecular weight is 282 g/mol. The Hall–Kier alpha value is -2.29. The predicted molar refractivity (Wildman–Crippen MR) is 88.3 cm³/mol. The summed E-state index contributed by atoms with van der Waals surface area (Å²) in [6.07, 6.45) is 0. The van der Waals surface area contributed by atoms with Gasteiger partial charge in [-0.05, 0) is 36.1 Å². The molecule has 0 aliphatic carbocycles. The second-order valence-corrected chi connectivity index (χ2v) is 5.57. The molecule has 0 radical (unpaired) electrons. The van der Waals surface area contributed by atoms with Gasteiger partial charge in [0.05, 0.1) is 0 Å². The summed E-state index contributed by atoms with van der Waals surface area (Å²) in [5, 5.41) is 5.78. The molecule has 0 saturated heterocycles. The fourth-order valence-corrected chi connectivity index (χ4v) is 1.92. The summed E-state index contributed by atoms with van der Waals surface area (Å²) in [4.78, 5) is 11.9. The minimum absolute atomic E-state index is 0.147. The topological polar surface area (TPSA) is 41.1 Å². The molecule has 2 amide bonds. The number of carbonyl (C=O) groups is 1. The maximum Gasteiger partial charge on any atom is 0.319 e. The van der Waals surface area contributed by atoms with E-state index in [1.165, 1.54) is 5.56 Å². The van der Waals surface area contributed by atoms with E-state index in [1.807, 2.05) is 49.4 Å². The Morgan fingerprint density at radius 3 is 2.00 bits per heavy atom. The fourth-order valence-electron chi connectivity index (χ4n) is 1.92. The van der Waals surface area contributed by atoms with E-state index in [0.29, 0.717) is 5.92 Å². The first-order valence-electron chi connectivity index (χ1n) is 7.29. The van der Waals surface area contributed by atoms with Gasteiger partial charge in [0.15, 0.2) is 0 Å². The Labute approximate surface area is 126 Å². The zero-order valence-electron chi connectivity index (χ0n) is 12.8. The number of benzene rings is 2. The molecule has 0 aliphatic heterocycles. The molecular weight excluding hydrogens is 260 g/mol. The number of urea groups is 1. The molecule has 2 rings (SSSR count). The first-order chi connectivity index (χ1) is 10.1.